The highest BCUT2D eigenvalue weighted by atomic mass is 127. The second-order valence-corrected chi connectivity index (χ2v) is 5.95. The van der Waals surface area contributed by atoms with Gasteiger partial charge in [0.15, 0.2) is 17.5 Å². The van der Waals surface area contributed by atoms with Gasteiger partial charge in [-0.15, -0.1) is 0 Å². The normalized spacial score (nSPS) is 10.7. The van der Waals surface area contributed by atoms with Crippen LogP contribution >= 0.6 is 22.6 Å². The lowest BCUT2D eigenvalue weighted by Crippen LogP contribution is -2.01. The van der Waals surface area contributed by atoms with Gasteiger partial charge in [0.2, 0.25) is 0 Å². The Labute approximate surface area is 139 Å². The zero-order chi connectivity index (χ0) is 15.7. The number of aromatic amines is 1. The molecule has 3 rings (SSSR count). The minimum atomic E-state index is -0.952. The predicted octanol–water partition coefficient (Wildman–Crippen LogP) is 4.41. The van der Waals surface area contributed by atoms with Crippen LogP contribution in [0.25, 0.3) is 11.4 Å². The number of hydrogen-bond acceptors (Lipinski definition) is 3. The Morgan fingerprint density at radius 2 is 2.00 bits per heavy atom. The topological polar surface area (TPSA) is 53.6 Å². The van der Waals surface area contributed by atoms with Crippen molar-refractivity contribution in [2.75, 3.05) is 5.32 Å². The van der Waals surface area contributed by atoms with Crippen molar-refractivity contribution >= 4 is 34.0 Å². The summed E-state index contributed by atoms with van der Waals surface area (Å²) in [6.45, 7) is 1.90. The Morgan fingerprint density at radius 1 is 1.18 bits per heavy atom. The van der Waals surface area contributed by atoms with Crippen molar-refractivity contribution in [2.24, 2.45) is 0 Å². The van der Waals surface area contributed by atoms with Gasteiger partial charge in [-0.05, 0) is 65.4 Å². The smallest absolute Gasteiger partial charge is 0.182 e. The van der Waals surface area contributed by atoms with E-state index in [2.05, 4.69) is 43.1 Å². The molecule has 0 atom stereocenters. The molecule has 0 unspecified atom stereocenters. The number of aryl methyl sites for hydroxylation is 1. The van der Waals surface area contributed by atoms with Gasteiger partial charge >= 0.3 is 0 Å². The number of H-pyrrole nitrogens is 1. The van der Waals surface area contributed by atoms with Gasteiger partial charge in [-0.1, -0.05) is 0 Å². The molecule has 0 amide bonds. The molecule has 0 spiro atoms. The first kappa shape index (κ1) is 14.9. The molecule has 0 radical (unpaired) electrons. The summed E-state index contributed by atoms with van der Waals surface area (Å²) in [7, 11) is 0. The maximum absolute atomic E-state index is 14.2. The molecule has 0 fully saturated rings. The van der Waals surface area contributed by atoms with E-state index >= 15 is 0 Å². The van der Waals surface area contributed by atoms with E-state index in [9.17, 15) is 8.78 Å². The number of hydrogen-bond donors (Lipinski definition) is 2. The fourth-order valence-corrected chi connectivity index (χ4v) is 2.75. The number of halogens is 3. The largest absolute Gasteiger partial charge is 0.352 e. The lowest BCUT2D eigenvalue weighted by atomic mass is 10.1. The molecule has 0 saturated heterocycles. The second kappa shape index (κ2) is 5.99. The molecule has 7 heteroatoms. The first-order valence-electron chi connectivity index (χ1n) is 6.43. The number of nitrogens with one attached hydrogen (secondary N) is 2. The van der Waals surface area contributed by atoms with Crippen LogP contribution in [0.5, 0.6) is 0 Å². The third-order valence-corrected chi connectivity index (χ3v) is 3.88. The maximum Gasteiger partial charge on any atom is 0.182 e. The molecule has 3 aromatic rings. The predicted molar refractivity (Wildman–Crippen MR) is 88.9 cm³/mol. The molecule has 0 aliphatic heterocycles. The number of nitrogens with zero attached hydrogens (tertiary/aromatic N) is 2. The Bertz CT molecular complexity index is 819. The third kappa shape index (κ3) is 2.80. The van der Waals surface area contributed by atoms with Crippen LogP contribution in [-0.4, -0.2) is 15.2 Å². The lowest BCUT2D eigenvalue weighted by Gasteiger charge is -2.14. The molecule has 4 nitrogen and oxygen atoms in total. The lowest BCUT2D eigenvalue weighted by molar-refractivity contribution is 0.512. The van der Waals surface area contributed by atoms with Crippen LogP contribution < -0.4 is 5.32 Å². The maximum atomic E-state index is 14.2. The summed E-state index contributed by atoms with van der Waals surface area (Å²) < 4.78 is 28.9. The van der Waals surface area contributed by atoms with Crippen LogP contribution in [0.3, 0.4) is 0 Å². The first-order chi connectivity index (χ1) is 10.6. The summed E-state index contributed by atoms with van der Waals surface area (Å²) >= 11 is 2.20. The number of anilines is 2. The Morgan fingerprint density at radius 3 is 2.68 bits per heavy atom. The van der Waals surface area contributed by atoms with Gasteiger partial charge in [0.05, 0.1) is 5.69 Å². The summed E-state index contributed by atoms with van der Waals surface area (Å²) in [5.41, 5.74) is 2.07. The summed E-state index contributed by atoms with van der Waals surface area (Å²) in [6, 6.07) is 8.20. The van der Waals surface area contributed by atoms with Gasteiger partial charge in [-0.25, -0.2) is 13.8 Å². The summed E-state index contributed by atoms with van der Waals surface area (Å²) in [4.78, 5) is 4.00. The Balaban J connectivity index is 2.11. The van der Waals surface area contributed by atoms with Crippen molar-refractivity contribution in [2.45, 2.75) is 6.92 Å². The van der Waals surface area contributed by atoms with Gasteiger partial charge < -0.3 is 5.32 Å². The molecule has 2 N–H and O–H groups in total. The van der Waals surface area contributed by atoms with Crippen molar-refractivity contribution in [1.29, 1.82) is 0 Å². The van der Waals surface area contributed by atoms with Crippen molar-refractivity contribution < 1.29 is 8.78 Å². The summed E-state index contributed by atoms with van der Waals surface area (Å²) in [6.07, 6.45) is 1.32. The molecule has 2 aromatic carbocycles. The van der Waals surface area contributed by atoms with Gasteiger partial charge in [0, 0.05) is 14.8 Å². The van der Waals surface area contributed by atoms with Crippen molar-refractivity contribution in [3.63, 3.8) is 0 Å². The molecule has 0 saturated carbocycles. The van der Waals surface area contributed by atoms with Crippen LogP contribution in [0.2, 0.25) is 0 Å². The van der Waals surface area contributed by atoms with Gasteiger partial charge in [-0.3, -0.25) is 5.10 Å². The SMILES string of the molecule is Cc1cc(I)ccc1Nc1c(-c2ncn[nH]2)ccc(F)c1F. The average Bonchev–Trinajstić information content (AvgIpc) is 3.00. The first-order valence-corrected chi connectivity index (χ1v) is 7.51. The Hall–Kier alpha value is -2.03. The van der Waals surface area contributed by atoms with Crippen molar-refractivity contribution in [3.8, 4) is 11.4 Å². The van der Waals surface area contributed by atoms with Crippen LogP contribution in [0.4, 0.5) is 20.2 Å². The van der Waals surface area contributed by atoms with E-state index < -0.39 is 11.6 Å². The quantitative estimate of drug-likeness (QED) is 0.627. The molecule has 0 aliphatic carbocycles. The molecular formula is C15H11F2IN4. The zero-order valence-electron chi connectivity index (χ0n) is 11.5. The molecule has 0 bridgehead atoms. The number of aromatic nitrogens is 3. The fourth-order valence-electron chi connectivity index (χ4n) is 2.11. The summed E-state index contributed by atoms with van der Waals surface area (Å²) in [5, 5.41) is 9.36. The molecule has 112 valence electrons. The monoisotopic (exact) mass is 412 g/mol. The minimum absolute atomic E-state index is 0.0288. The van der Waals surface area contributed by atoms with Gasteiger partial charge in [0.25, 0.3) is 0 Å². The number of benzene rings is 2. The van der Waals surface area contributed by atoms with E-state index in [0.29, 0.717) is 17.1 Å². The Kier molecular flexibility index (Phi) is 4.06. The van der Waals surface area contributed by atoms with Gasteiger partial charge in [0.1, 0.15) is 6.33 Å². The minimum Gasteiger partial charge on any atom is -0.352 e. The van der Waals surface area contributed by atoms with E-state index in [-0.39, 0.29) is 5.69 Å². The van der Waals surface area contributed by atoms with Crippen LogP contribution in [-0.2, 0) is 0 Å². The highest BCUT2D eigenvalue weighted by Crippen LogP contribution is 2.33. The second-order valence-electron chi connectivity index (χ2n) is 4.70. The highest BCUT2D eigenvalue weighted by molar-refractivity contribution is 14.1. The number of rotatable bonds is 3. The summed E-state index contributed by atoms with van der Waals surface area (Å²) in [5.74, 6) is -1.51. The van der Waals surface area contributed by atoms with Gasteiger partial charge in [-0.2, -0.15) is 5.10 Å². The highest BCUT2D eigenvalue weighted by Gasteiger charge is 2.17. The van der Waals surface area contributed by atoms with Crippen molar-refractivity contribution in [3.05, 3.63) is 57.4 Å². The van der Waals surface area contributed by atoms with Crippen LogP contribution in [0.1, 0.15) is 5.56 Å². The van der Waals surface area contributed by atoms with E-state index in [1.54, 1.807) is 0 Å². The zero-order valence-corrected chi connectivity index (χ0v) is 13.6. The molecule has 0 aliphatic rings. The van der Waals surface area contributed by atoms with Crippen LogP contribution in [0, 0.1) is 22.1 Å². The van der Waals surface area contributed by atoms with E-state index in [0.717, 1.165) is 15.2 Å². The molecule has 22 heavy (non-hydrogen) atoms. The van der Waals surface area contributed by atoms with E-state index in [4.69, 9.17) is 0 Å². The molecule has 1 heterocycles. The fraction of sp³-hybridized carbons (Fsp3) is 0.0667. The van der Waals surface area contributed by atoms with E-state index in [1.807, 2.05) is 25.1 Å². The van der Waals surface area contributed by atoms with E-state index in [1.165, 1.54) is 12.4 Å². The standard InChI is InChI=1S/C15H11F2IN4/c1-8-6-9(18)2-5-12(8)21-14-10(15-19-7-20-22-15)3-4-11(16)13(14)17/h2-7,21H,1H3,(H,19,20,22). The average molecular weight is 412 g/mol. The van der Waals surface area contributed by atoms with Crippen molar-refractivity contribution in [1.82, 2.24) is 15.2 Å². The third-order valence-electron chi connectivity index (χ3n) is 3.21. The molecule has 1 aromatic heterocycles. The molecular weight excluding hydrogens is 401 g/mol. The van der Waals surface area contributed by atoms with Crippen LogP contribution in [0.15, 0.2) is 36.7 Å².